The van der Waals surface area contributed by atoms with Gasteiger partial charge in [0.1, 0.15) is 11.9 Å². The first-order valence-electron chi connectivity index (χ1n) is 7.89. The Morgan fingerprint density at radius 3 is 2.96 bits per heavy atom. The first kappa shape index (κ1) is 15.9. The quantitative estimate of drug-likeness (QED) is 0.490. The van der Waals surface area contributed by atoms with E-state index >= 15 is 0 Å². The van der Waals surface area contributed by atoms with Gasteiger partial charge in [0.15, 0.2) is 5.82 Å². The van der Waals surface area contributed by atoms with Gasteiger partial charge in [-0.1, -0.05) is 18.6 Å². The van der Waals surface area contributed by atoms with E-state index in [0.29, 0.717) is 22.5 Å². The maximum Gasteiger partial charge on any atom is 0.272 e. The average Bonchev–Trinajstić information content (AvgIpc) is 2.82. The van der Waals surface area contributed by atoms with Crippen LogP contribution in [-0.2, 0) is 13.0 Å². The number of fused-ring (bicyclic) bond motifs is 1. The van der Waals surface area contributed by atoms with Crippen LogP contribution in [-0.4, -0.2) is 19.7 Å². The summed E-state index contributed by atoms with van der Waals surface area (Å²) < 4.78 is 1.99. The molecule has 7 nitrogen and oxygen atoms in total. The highest BCUT2D eigenvalue weighted by Crippen LogP contribution is 2.24. The molecule has 24 heavy (non-hydrogen) atoms. The summed E-state index contributed by atoms with van der Waals surface area (Å²) in [6.07, 6.45) is 5.75. The third-order valence-electron chi connectivity index (χ3n) is 4.21. The largest absolute Gasteiger partial charge is 0.310 e. The zero-order chi connectivity index (χ0) is 17.1. The summed E-state index contributed by atoms with van der Waals surface area (Å²) in [4.78, 5) is 10.7. The van der Waals surface area contributed by atoms with Gasteiger partial charge in [0.2, 0.25) is 0 Å². The standard InChI is InChI=1S/C17H17N5O2/c1-12-6-7-13(10-15(12)22(23)24)9-14(11-18)17-20-19-16-5-3-2-4-8-21(16)17/h6-7,9-10H,2-5,8H2,1H3. The molecule has 0 unspecified atom stereocenters. The molecule has 1 aliphatic rings. The molecule has 0 atom stereocenters. The summed E-state index contributed by atoms with van der Waals surface area (Å²) in [5.74, 6) is 1.44. The van der Waals surface area contributed by atoms with E-state index in [4.69, 9.17) is 0 Å². The van der Waals surface area contributed by atoms with Gasteiger partial charge in [0.25, 0.3) is 5.69 Å². The van der Waals surface area contributed by atoms with Crippen LogP contribution in [0.5, 0.6) is 0 Å². The fourth-order valence-corrected chi connectivity index (χ4v) is 2.91. The van der Waals surface area contributed by atoms with Crippen molar-refractivity contribution in [3.8, 4) is 6.07 Å². The molecule has 0 fully saturated rings. The number of benzene rings is 1. The number of nitro benzene ring substituents is 1. The van der Waals surface area contributed by atoms with E-state index < -0.39 is 4.92 Å². The van der Waals surface area contributed by atoms with Gasteiger partial charge < -0.3 is 4.57 Å². The van der Waals surface area contributed by atoms with E-state index in [-0.39, 0.29) is 5.69 Å². The summed E-state index contributed by atoms with van der Waals surface area (Å²) in [5.41, 5.74) is 1.61. The number of allylic oxidation sites excluding steroid dienone is 1. The van der Waals surface area contributed by atoms with Crippen LogP contribution in [0.25, 0.3) is 11.6 Å². The fraction of sp³-hybridized carbons (Fsp3) is 0.353. The molecule has 2 aromatic rings. The highest BCUT2D eigenvalue weighted by atomic mass is 16.6. The Morgan fingerprint density at radius 1 is 1.38 bits per heavy atom. The Labute approximate surface area is 139 Å². The number of nitrogens with zero attached hydrogens (tertiary/aromatic N) is 5. The van der Waals surface area contributed by atoms with Gasteiger partial charge in [0.05, 0.1) is 10.5 Å². The smallest absolute Gasteiger partial charge is 0.272 e. The lowest BCUT2D eigenvalue weighted by molar-refractivity contribution is -0.385. The third kappa shape index (κ3) is 3.04. The molecule has 0 amide bonds. The predicted molar refractivity (Wildman–Crippen MR) is 88.9 cm³/mol. The molecule has 7 heteroatoms. The maximum absolute atomic E-state index is 11.1. The number of hydrogen-bond acceptors (Lipinski definition) is 5. The molecule has 1 aromatic carbocycles. The van der Waals surface area contributed by atoms with Crippen LogP contribution in [0.4, 0.5) is 5.69 Å². The molecule has 0 aliphatic carbocycles. The zero-order valence-corrected chi connectivity index (χ0v) is 13.4. The first-order valence-corrected chi connectivity index (χ1v) is 7.89. The summed E-state index contributed by atoms with van der Waals surface area (Å²) in [6, 6.07) is 7.08. The molecule has 122 valence electrons. The molecule has 0 radical (unpaired) electrons. The molecule has 0 N–H and O–H groups in total. The first-order chi connectivity index (χ1) is 11.6. The van der Waals surface area contributed by atoms with Crippen molar-refractivity contribution in [2.24, 2.45) is 0 Å². The minimum absolute atomic E-state index is 0.0427. The van der Waals surface area contributed by atoms with E-state index in [9.17, 15) is 15.4 Å². The lowest BCUT2D eigenvalue weighted by Gasteiger charge is -2.06. The third-order valence-corrected chi connectivity index (χ3v) is 4.21. The number of nitro groups is 1. The van der Waals surface area contributed by atoms with Gasteiger partial charge in [-0.05, 0) is 31.4 Å². The van der Waals surface area contributed by atoms with Gasteiger partial charge >= 0.3 is 0 Å². The Bertz CT molecular complexity index is 860. The van der Waals surface area contributed by atoms with E-state index in [1.54, 1.807) is 25.1 Å². The topological polar surface area (TPSA) is 97.6 Å². The molecule has 0 spiro atoms. The van der Waals surface area contributed by atoms with Gasteiger partial charge in [-0.25, -0.2) is 0 Å². The predicted octanol–water partition coefficient (Wildman–Crippen LogP) is 3.29. The molecule has 0 saturated carbocycles. The second-order valence-electron chi connectivity index (χ2n) is 5.87. The van der Waals surface area contributed by atoms with Crippen LogP contribution in [0.3, 0.4) is 0 Å². The number of hydrogen-bond donors (Lipinski definition) is 0. The Balaban J connectivity index is 2.03. The molecule has 2 heterocycles. The SMILES string of the molecule is Cc1ccc(C=C(C#N)c2nnc3n2CCCCC3)cc1[N+](=O)[O-]. The van der Waals surface area contributed by atoms with E-state index in [0.717, 1.165) is 38.1 Å². The lowest BCUT2D eigenvalue weighted by atomic mass is 10.1. The molecule has 1 aromatic heterocycles. The fourth-order valence-electron chi connectivity index (χ4n) is 2.91. The average molecular weight is 323 g/mol. The molecule has 0 saturated heterocycles. The molecular weight excluding hydrogens is 306 g/mol. The summed E-state index contributed by atoms with van der Waals surface area (Å²) >= 11 is 0. The zero-order valence-electron chi connectivity index (χ0n) is 13.4. The highest BCUT2D eigenvalue weighted by molar-refractivity contribution is 5.87. The van der Waals surface area contributed by atoms with Gasteiger partial charge in [-0.3, -0.25) is 10.1 Å². The summed E-state index contributed by atoms with van der Waals surface area (Å²) in [6.45, 7) is 2.49. The molecule has 0 bridgehead atoms. The van der Waals surface area contributed by atoms with Crippen molar-refractivity contribution in [2.45, 2.75) is 39.2 Å². The Kier molecular flexibility index (Phi) is 4.38. The number of aromatic nitrogens is 3. The summed E-state index contributed by atoms with van der Waals surface area (Å²) in [5, 5.41) is 29.0. The monoisotopic (exact) mass is 323 g/mol. The highest BCUT2D eigenvalue weighted by Gasteiger charge is 2.18. The molecule has 3 rings (SSSR count). The van der Waals surface area contributed by atoms with Crippen molar-refractivity contribution in [3.05, 3.63) is 51.1 Å². The number of nitriles is 1. The second-order valence-corrected chi connectivity index (χ2v) is 5.87. The van der Waals surface area contributed by atoms with Crippen molar-refractivity contribution in [1.82, 2.24) is 14.8 Å². The molecule has 1 aliphatic heterocycles. The van der Waals surface area contributed by atoms with E-state index in [1.807, 2.05) is 4.57 Å². The van der Waals surface area contributed by atoms with Crippen molar-refractivity contribution < 1.29 is 4.92 Å². The molecular formula is C17H17N5O2. The van der Waals surface area contributed by atoms with Crippen LogP contribution in [0.1, 0.15) is 42.0 Å². The van der Waals surface area contributed by atoms with Crippen molar-refractivity contribution in [2.75, 3.05) is 0 Å². The van der Waals surface area contributed by atoms with E-state index in [2.05, 4.69) is 16.3 Å². The maximum atomic E-state index is 11.1. The van der Waals surface area contributed by atoms with Crippen molar-refractivity contribution in [1.29, 1.82) is 5.26 Å². The lowest BCUT2D eigenvalue weighted by Crippen LogP contribution is -2.05. The van der Waals surface area contributed by atoms with Gasteiger partial charge in [-0.2, -0.15) is 5.26 Å². The van der Waals surface area contributed by atoms with E-state index in [1.165, 1.54) is 6.07 Å². The number of rotatable bonds is 3. The second kappa shape index (κ2) is 6.62. The van der Waals surface area contributed by atoms with Crippen LogP contribution in [0, 0.1) is 28.4 Å². The Hall–Kier alpha value is -3.01. The van der Waals surface area contributed by atoms with Gasteiger partial charge in [0, 0.05) is 24.6 Å². The number of aryl methyl sites for hydroxylation is 2. The van der Waals surface area contributed by atoms with Crippen LogP contribution in [0.15, 0.2) is 18.2 Å². The minimum atomic E-state index is -0.415. The van der Waals surface area contributed by atoms with Crippen molar-refractivity contribution in [3.63, 3.8) is 0 Å². The summed E-state index contributed by atoms with van der Waals surface area (Å²) in [7, 11) is 0. The van der Waals surface area contributed by atoms with Gasteiger partial charge in [-0.15, -0.1) is 10.2 Å². The normalized spacial score (nSPS) is 14.6. The Morgan fingerprint density at radius 2 is 2.21 bits per heavy atom. The van der Waals surface area contributed by atoms with Crippen LogP contribution < -0.4 is 0 Å². The van der Waals surface area contributed by atoms with Crippen molar-refractivity contribution >= 4 is 17.3 Å². The minimum Gasteiger partial charge on any atom is -0.310 e. The van der Waals surface area contributed by atoms with Crippen LogP contribution in [0.2, 0.25) is 0 Å². The van der Waals surface area contributed by atoms with Crippen LogP contribution >= 0.6 is 0 Å².